The monoisotopic (exact) mass is 457 g/mol. The minimum atomic E-state index is -0.702. The van der Waals surface area contributed by atoms with E-state index in [9.17, 15) is 9.59 Å². The van der Waals surface area contributed by atoms with Crippen molar-refractivity contribution in [2.75, 3.05) is 6.54 Å². The number of halogens is 1. The van der Waals surface area contributed by atoms with Gasteiger partial charge in [-0.2, -0.15) is 0 Å². The standard InChI is InChI=1S/C28H24ClNO3/c1-28(21-12-14-22(29)15-13-21)23(16-19-8-4-2-5-9-19)27(32)33-25-24(28)18-30(26(25)31)17-20-10-6-3-7-11-20/h2-15,23H,16-18H2,1H3/t23-,28-/m1/s1. The Bertz CT molecular complexity index is 1220. The van der Waals surface area contributed by atoms with Gasteiger partial charge in [-0.3, -0.25) is 9.59 Å². The second-order valence-electron chi connectivity index (χ2n) is 8.83. The van der Waals surface area contributed by atoms with E-state index >= 15 is 0 Å². The summed E-state index contributed by atoms with van der Waals surface area (Å²) in [6.07, 6.45) is 0.516. The normalized spacial score (nSPS) is 22.4. The highest BCUT2D eigenvalue weighted by atomic mass is 35.5. The average molecular weight is 458 g/mol. The summed E-state index contributed by atoms with van der Waals surface area (Å²) in [5.74, 6) is -0.896. The van der Waals surface area contributed by atoms with E-state index in [4.69, 9.17) is 16.3 Å². The number of nitrogens with zero attached hydrogens (tertiary/aromatic N) is 1. The van der Waals surface area contributed by atoms with Crippen LogP contribution >= 0.6 is 11.6 Å². The number of hydrogen-bond donors (Lipinski definition) is 0. The first-order valence-electron chi connectivity index (χ1n) is 11.1. The van der Waals surface area contributed by atoms with E-state index in [1.165, 1.54) is 0 Å². The zero-order chi connectivity index (χ0) is 23.0. The average Bonchev–Trinajstić information content (AvgIpc) is 3.14. The Morgan fingerprint density at radius 3 is 2.15 bits per heavy atom. The van der Waals surface area contributed by atoms with Crippen LogP contribution in [0.2, 0.25) is 5.02 Å². The molecule has 0 aromatic heterocycles. The Kier molecular flexibility index (Phi) is 5.55. The third-order valence-corrected chi connectivity index (χ3v) is 7.11. The smallest absolute Gasteiger partial charge is 0.316 e. The number of carbonyl (C=O) groups is 2. The summed E-state index contributed by atoms with van der Waals surface area (Å²) < 4.78 is 5.74. The maximum absolute atomic E-state index is 13.4. The molecule has 2 aliphatic rings. The minimum absolute atomic E-state index is 0.178. The van der Waals surface area contributed by atoms with E-state index in [-0.39, 0.29) is 17.6 Å². The van der Waals surface area contributed by atoms with E-state index in [1.807, 2.05) is 84.9 Å². The Hall–Kier alpha value is -3.37. The van der Waals surface area contributed by atoms with Gasteiger partial charge in [0.2, 0.25) is 0 Å². The van der Waals surface area contributed by atoms with Crippen molar-refractivity contribution in [1.82, 2.24) is 4.90 Å². The van der Waals surface area contributed by atoms with Crippen molar-refractivity contribution in [1.29, 1.82) is 0 Å². The lowest BCUT2D eigenvalue weighted by Gasteiger charge is -2.41. The summed E-state index contributed by atoms with van der Waals surface area (Å²) in [7, 11) is 0. The summed E-state index contributed by atoms with van der Waals surface area (Å²) in [6.45, 7) is 2.93. The molecule has 5 rings (SSSR count). The van der Waals surface area contributed by atoms with Crippen molar-refractivity contribution in [3.8, 4) is 0 Å². The molecule has 3 aromatic carbocycles. The molecule has 0 saturated heterocycles. The number of esters is 1. The van der Waals surface area contributed by atoms with Crippen LogP contribution in [0.3, 0.4) is 0 Å². The number of rotatable bonds is 5. The van der Waals surface area contributed by atoms with E-state index in [1.54, 1.807) is 4.90 Å². The third-order valence-electron chi connectivity index (χ3n) is 6.86. The second kappa shape index (κ2) is 8.53. The molecule has 33 heavy (non-hydrogen) atoms. The van der Waals surface area contributed by atoms with E-state index in [2.05, 4.69) is 6.92 Å². The molecule has 0 bridgehead atoms. The van der Waals surface area contributed by atoms with Crippen LogP contribution in [0.15, 0.2) is 96.3 Å². The molecule has 0 aliphatic carbocycles. The van der Waals surface area contributed by atoms with Crippen molar-refractivity contribution in [3.63, 3.8) is 0 Å². The summed E-state index contributed by atoms with van der Waals surface area (Å²) in [6, 6.07) is 27.3. The fraction of sp³-hybridized carbons (Fsp3) is 0.214. The van der Waals surface area contributed by atoms with Crippen LogP contribution in [0.1, 0.15) is 23.6 Å². The number of benzene rings is 3. The molecule has 0 unspecified atom stereocenters. The molecular formula is C28H24ClNO3. The van der Waals surface area contributed by atoms with Gasteiger partial charge >= 0.3 is 5.97 Å². The highest BCUT2D eigenvalue weighted by Gasteiger charge is 2.54. The van der Waals surface area contributed by atoms with Crippen LogP contribution in [0.25, 0.3) is 0 Å². The quantitative estimate of drug-likeness (QED) is 0.488. The maximum Gasteiger partial charge on any atom is 0.316 e. The van der Waals surface area contributed by atoms with E-state index < -0.39 is 11.3 Å². The van der Waals surface area contributed by atoms with Gasteiger partial charge in [-0.05, 0) is 35.2 Å². The van der Waals surface area contributed by atoms with Crippen LogP contribution in [-0.2, 0) is 32.7 Å². The summed E-state index contributed by atoms with van der Waals surface area (Å²) in [5.41, 5.74) is 3.18. The number of carbonyl (C=O) groups excluding carboxylic acids is 2. The Morgan fingerprint density at radius 2 is 1.52 bits per heavy atom. The number of ether oxygens (including phenoxy) is 1. The summed E-state index contributed by atoms with van der Waals surface area (Å²) >= 11 is 6.17. The van der Waals surface area contributed by atoms with Gasteiger partial charge in [0.25, 0.3) is 5.91 Å². The molecule has 2 heterocycles. The molecule has 0 N–H and O–H groups in total. The van der Waals surface area contributed by atoms with Crippen LogP contribution < -0.4 is 0 Å². The fourth-order valence-electron chi connectivity index (χ4n) is 4.97. The predicted molar refractivity (Wildman–Crippen MR) is 127 cm³/mol. The van der Waals surface area contributed by atoms with Gasteiger partial charge in [0.05, 0.1) is 5.92 Å². The SMILES string of the molecule is C[C@]1(c2ccc(Cl)cc2)C2=C(OC(=O)[C@H]1Cc1ccccc1)C(=O)N(Cc1ccccc1)C2. The first-order chi connectivity index (χ1) is 16.0. The molecule has 4 nitrogen and oxygen atoms in total. The molecule has 1 amide bonds. The molecular weight excluding hydrogens is 434 g/mol. The number of amides is 1. The minimum Gasteiger partial charge on any atom is -0.420 e. The lowest BCUT2D eigenvalue weighted by atomic mass is 9.64. The lowest BCUT2D eigenvalue weighted by molar-refractivity contribution is -0.151. The van der Waals surface area contributed by atoms with Gasteiger partial charge in [0.15, 0.2) is 5.76 Å². The maximum atomic E-state index is 13.4. The lowest BCUT2D eigenvalue weighted by Crippen LogP contribution is -2.45. The van der Waals surface area contributed by atoms with Crippen molar-refractivity contribution in [3.05, 3.63) is 118 Å². The molecule has 2 atom stereocenters. The zero-order valence-electron chi connectivity index (χ0n) is 18.3. The Labute approximate surface area is 198 Å². The van der Waals surface area contributed by atoms with Gasteiger partial charge in [-0.15, -0.1) is 0 Å². The predicted octanol–water partition coefficient (Wildman–Crippen LogP) is 5.31. The largest absolute Gasteiger partial charge is 0.420 e. The number of hydrogen-bond acceptors (Lipinski definition) is 3. The fourth-order valence-corrected chi connectivity index (χ4v) is 5.10. The Balaban J connectivity index is 1.57. The molecule has 5 heteroatoms. The highest BCUT2D eigenvalue weighted by molar-refractivity contribution is 6.30. The summed E-state index contributed by atoms with van der Waals surface area (Å²) in [4.78, 5) is 28.4. The van der Waals surface area contributed by atoms with Crippen LogP contribution in [0.4, 0.5) is 0 Å². The van der Waals surface area contributed by atoms with Gasteiger partial charge in [0, 0.05) is 29.1 Å². The molecule has 0 spiro atoms. The van der Waals surface area contributed by atoms with Gasteiger partial charge in [-0.1, -0.05) is 91.3 Å². The molecule has 166 valence electrons. The van der Waals surface area contributed by atoms with Crippen molar-refractivity contribution in [2.45, 2.75) is 25.3 Å². The summed E-state index contributed by atoms with van der Waals surface area (Å²) in [5, 5.41) is 0.628. The molecule has 0 fully saturated rings. The van der Waals surface area contributed by atoms with Crippen molar-refractivity contribution < 1.29 is 14.3 Å². The molecule has 0 saturated carbocycles. The van der Waals surface area contributed by atoms with Crippen LogP contribution in [0, 0.1) is 5.92 Å². The second-order valence-corrected chi connectivity index (χ2v) is 9.26. The molecule has 3 aromatic rings. The van der Waals surface area contributed by atoms with Crippen molar-refractivity contribution >= 4 is 23.5 Å². The van der Waals surface area contributed by atoms with Gasteiger partial charge < -0.3 is 9.64 Å². The molecule has 2 aliphatic heterocycles. The molecule has 0 radical (unpaired) electrons. The van der Waals surface area contributed by atoms with E-state index in [0.717, 1.165) is 22.3 Å². The zero-order valence-corrected chi connectivity index (χ0v) is 19.1. The van der Waals surface area contributed by atoms with Gasteiger partial charge in [0.1, 0.15) is 0 Å². The highest BCUT2D eigenvalue weighted by Crippen LogP contribution is 2.49. The third kappa shape index (κ3) is 3.85. The van der Waals surface area contributed by atoms with Crippen LogP contribution in [-0.4, -0.2) is 23.3 Å². The Morgan fingerprint density at radius 1 is 0.909 bits per heavy atom. The van der Waals surface area contributed by atoms with Crippen molar-refractivity contribution in [2.24, 2.45) is 5.92 Å². The first kappa shape index (κ1) is 21.5. The van der Waals surface area contributed by atoms with Gasteiger partial charge in [-0.25, -0.2) is 0 Å². The topological polar surface area (TPSA) is 46.6 Å². The first-order valence-corrected chi connectivity index (χ1v) is 11.4. The van der Waals surface area contributed by atoms with E-state index in [0.29, 0.717) is 24.5 Å². The van der Waals surface area contributed by atoms with Crippen LogP contribution in [0.5, 0.6) is 0 Å².